The van der Waals surface area contributed by atoms with Crippen LogP contribution in [0.1, 0.15) is 34.0 Å². The van der Waals surface area contributed by atoms with Crippen molar-refractivity contribution in [2.45, 2.75) is 32.6 Å². The Bertz CT molecular complexity index is 359. The first-order valence-electron chi connectivity index (χ1n) is 7.77. The standard InChI is InChI=1S/C15H23NO3/c1-2-18-10-9-16-15(17)19-11-14-12-7-5-3-4-6-8-13(12)14/h12-14H,2,5-11H2,1H3,(H,16,17)/t12-,13+,14?/i1T. The summed E-state index contributed by atoms with van der Waals surface area (Å²) in [7, 11) is 0. The summed E-state index contributed by atoms with van der Waals surface area (Å²) < 4.78 is 17.3. The molecule has 1 N–H and O–H groups in total. The van der Waals surface area contributed by atoms with Crippen molar-refractivity contribution in [2.24, 2.45) is 17.8 Å². The Morgan fingerprint density at radius 2 is 2.11 bits per heavy atom. The lowest BCUT2D eigenvalue weighted by Gasteiger charge is -2.06. The molecular weight excluding hydrogens is 242 g/mol. The van der Waals surface area contributed by atoms with Crippen LogP contribution in [0.15, 0.2) is 0 Å². The minimum absolute atomic E-state index is 0.249. The van der Waals surface area contributed by atoms with Crippen LogP contribution in [0.3, 0.4) is 0 Å². The second-order valence-corrected chi connectivity index (χ2v) is 5.06. The van der Waals surface area contributed by atoms with Crippen molar-refractivity contribution >= 4 is 6.09 Å². The third kappa shape index (κ3) is 4.43. The van der Waals surface area contributed by atoms with Crippen LogP contribution in [0.5, 0.6) is 0 Å². The van der Waals surface area contributed by atoms with Gasteiger partial charge in [-0.3, -0.25) is 0 Å². The average molecular weight is 267 g/mol. The summed E-state index contributed by atoms with van der Waals surface area (Å²) in [4.78, 5) is 11.5. The van der Waals surface area contributed by atoms with Gasteiger partial charge in [-0.15, -0.1) is 11.8 Å². The van der Waals surface area contributed by atoms with Gasteiger partial charge in [0.2, 0.25) is 0 Å². The van der Waals surface area contributed by atoms with Crippen LogP contribution in [-0.2, 0) is 9.47 Å². The Morgan fingerprint density at radius 1 is 1.37 bits per heavy atom. The molecule has 0 aromatic heterocycles. The highest BCUT2D eigenvalue weighted by Gasteiger charge is 2.49. The lowest BCUT2D eigenvalue weighted by Crippen LogP contribution is -2.28. The monoisotopic (exact) mass is 267 g/mol. The first-order valence-corrected chi connectivity index (χ1v) is 7.06. The molecule has 0 aromatic rings. The Labute approximate surface area is 116 Å². The molecule has 1 unspecified atom stereocenters. The van der Waals surface area contributed by atoms with Gasteiger partial charge in [0.25, 0.3) is 0 Å². The lowest BCUT2D eigenvalue weighted by molar-refractivity contribution is 0.123. The molecule has 1 saturated carbocycles. The number of fused-ring (bicyclic) bond motifs is 1. The van der Waals surface area contributed by atoms with Gasteiger partial charge in [-0.2, -0.15) is 0 Å². The molecule has 0 radical (unpaired) electrons. The fourth-order valence-corrected chi connectivity index (χ4v) is 2.83. The smallest absolute Gasteiger partial charge is 0.407 e. The largest absolute Gasteiger partial charge is 0.449 e. The number of rotatable bonds is 6. The minimum atomic E-state index is -0.366. The molecule has 0 bridgehead atoms. The maximum Gasteiger partial charge on any atom is 0.407 e. The van der Waals surface area contributed by atoms with Crippen molar-refractivity contribution in [1.29, 1.82) is 0 Å². The molecule has 1 fully saturated rings. The summed E-state index contributed by atoms with van der Waals surface area (Å²) in [6, 6.07) is 0. The van der Waals surface area contributed by atoms with Gasteiger partial charge in [0.05, 0.1) is 13.2 Å². The van der Waals surface area contributed by atoms with E-state index in [1.54, 1.807) is 0 Å². The summed E-state index contributed by atoms with van der Waals surface area (Å²) in [6.07, 6.45) is 3.90. The molecule has 3 atom stereocenters. The van der Waals surface area contributed by atoms with Gasteiger partial charge in [-0.25, -0.2) is 4.79 Å². The van der Waals surface area contributed by atoms with Gasteiger partial charge in [-0.1, -0.05) is 0 Å². The molecule has 0 heterocycles. The van der Waals surface area contributed by atoms with Crippen LogP contribution >= 0.6 is 0 Å². The van der Waals surface area contributed by atoms with Crippen LogP contribution in [0.25, 0.3) is 0 Å². The topological polar surface area (TPSA) is 47.6 Å². The summed E-state index contributed by atoms with van der Waals surface area (Å²) in [5.74, 6) is 8.30. The number of alkyl carbamates (subject to hydrolysis) is 1. The number of carbonyl (C=O) groups is 1. The van der Waals surface area contributed by atoms with Crippen molar-refractivity contribution in [1.82, 2.24) is 5.32 Å². The summed E-state index contributed by atoms with van der Waals surface area (Å²) >= 11 is 0. The van der Waals surface area contributed by atoms with Gasteiger partial charge in [-0.05, 0) is 37.5 Å². The average Bonchev–Trinajstić information content (AvgIpc) is 3.06. The van der Waals surface area contributed by atoms with Crippen molar-refractivity contribution < 1.29 is 15.6 Å². The van der Waals surface area contributed by atoms with Gasteiger partial charge in [0.1, 0.15) is 0 Å². The number of amides is 1. The van der Waals surface area contributed by atoms with E-state index in [1.807, 2.05) is 0 Å². The maximum absolute atomic E-state index is 11.5. The second-order valence-electron chi connectivity index (χ2n) is 5.06. The molecule has 4 heteroatoms. The van der Waals surface area contributed by atoms with E-state index in [0.717, 1.165) is 25.7 Å². The lowest BCUT2D eigenvalue weighted by atomic mass is 10.1. The quantitative estimate of drug-likeness (QED) is 0.593. The van der Waals surface area contributed by atoms with Crippen molar-refractivity contribution in [3.8, 4) is 11.8 Å². The van der Waals surface area contributed by atoms with Crippen LogP contribution in [0, 0.1) is 29.6 Å². The van der Waals surface area contributed by atoms with E-state index in [2.05, 4.69) is 17.2 Å². The number of carbonyl (C=O) groups excluding carboxylic acids is 1. The predicted octanol–water partition coefficient (Wildman–Crippen LogP) is 2.19. The van der Waals surface area contributed by atoms with E-state index >= 15 is 0 Å². The molecule has 0 saturated heterocycles. The number of hydrogen-bond acceptors (Lipinski definition) is 3. The minimum Gasteiger partial charge on any atom is -0.449 e. The van der Waals surface area contributed by atoms with E-state index in [1.165, 1.54) is 0 Å². The number of hydrogen-bond donors (Lipinski definition) is 1. The van der Waals surface area contributed by atoms with Gasteiger partial charge >= 0.3 is 6.09 Å². The molecule has 0 aromatic carbocycles. The Kier molecular flexibility index (Phi) is 4.98. The highest BCUT2D eigenvalue weighted by Crippen LogP contribution is 2.52. The van der Waals surface area contributed by atoms with Crippen molar-refractivity contribution in [3.05, 3.63) is 0 Å². The molecule has 2 rings (SSSR count). The van der Waals surface area contributed by atoms with Gasteiger partial charge < -0.3 is 14.8 Å². The van der Waals surface area contributed by atoms with Crippen LogP contribution < -0.4 is 5.32 Å². The first kappa shape index (κ1) is 12.8. The van der Waals surface area contributed by atoms with Crippen molar-refractivity contribution in [2.75, 3.05) is 26.4 Å². The summed E-state index contributed by atoms with van der Waals surface area (Å²) in [5, 5.41) is 2.66. The zero-order valence-corrected chi connectivity index (χ0v) is 11.3. The molecular formula is C15H23NO3. The van der Waals surface area contributed by atoms with Crippen molar-refractivity contribution in [3.63, 3.8) is 0 Å². The van der Waals surface area contributed by atoms with E-state index in [0.29, 0.717) is 44.1 Å². The molecule has 1 amide bonds. The third-order valence-corrected chi connectivity index (χ3v) is 3.91. The Morgan fingerprint density at radius 3 is 2.79 bits per heavy atom. The van der Waals surface area contributed by atoms with E-state index < -0.39 is 0 Å². The second kappa shape index (κ2) is 7.40. The first-order chi connectivity index (χ1) is 9.83. The molecule has 2 aliphatic carbocycles. The molecule has 2 aliphatic rings. The highest BCUT2D eigenvalue weighted by atomic mass is 16.5. The highest BCUT2D eigenvalue weighted by molar-refractivity contribution is 5.67. The van der Waals surface area contributed by atoms with E-state index in [4.69, 9.17) is 10.8 Å². The fourth-order valence-electron chi connectivity index (χ4n) is 2.83. The Balaban J connectivity index is 1.54. The normalized spacial score (nSPS) is 28.8. The van der Waals surface area contributed by atoms with E-state index in [-0.39, 0.29) is 13.0 Å². The molecule has 0 aliphatic heterocycles. The summed E-state index contributed by atoms with van der Waals surface area (Å²) in [5.41, 5.74) is 0. The molecule has 0 spiro atoms. The third-order valence-electron chi connectivity index (χ3n) is 3.91. The van der Waals surface area contributed by atoms with Crippen LogP contribution in [0.4, 0.5) is 4.79 Å². The number of nitrogens with one attached hydrogen (secondary N) is 1. The maximum atomic E-state index is 11.5. The predicted molar refractivity (Wildman–Crippen MR) is 72.6 cm³/mol. The SMILES string of the molecule is [3H]CCOCCNC(=O)OCC1[C@H]2CCC#CCC[C@@H]12. The fraction of sp³-hybridized carbons (Fsp3) is 0.800. The summed E-state index contributed by atoms with van der Waals surface area (Å²) in [6.45, 7) is 2.04. The van der Waals surface area contributed by atoms with Crippen LogP contribution in [-0.4, -0.2) is 32.5 Å². The van der Waals surface area contributed by atoms with E-state index in [9.17, 15) is 4.79 Å². The molecule has 4 nitrogen and oxygen atoms in total. The van der Waals surface area contributed by atoms with Gasteiger partial charge in [0, 0.05) is 27.4 Å². The van der Waals surface area contributed by atoms with Crippen LogP contribution in [0.2, 0.25) is 0 Å². The van der Waals surface area contributed by atoms with Gasteiger partial charge in [0.15, 0.2) is 0 Å². The molecule has 19 heavy (non-hydrogen) atoms. The number of ether oxygens (including phenoxy) is 2. The zero-order valence-electron chi connectivity index (χ0n) is 12.3. The zero-order chi connectivity index (χ0) is 14.2. The molecule has 106 valence electrons. The Hall–Kier alpha value is -1.21.